The Morgan fingerprint density at radius 2 is 2.00 bits per heavy atom. The van der Waals surface area contributed by atoms with E-state index in [9.17, 15) is 4.21 Å². The van der Waals surface area contributed by atoms with E-state index in [4.69, 9.17) is 0 Å². The molecule has 1 heterocycles. The smallest absolute Gasteiger partial charge is 0.213 e. The lowest BCUT2D eigenvalue weighted by molar-refractivity contribution is 0.534. The Morgan fingerprint density at radius 3 is 2.67 bits per heavy atom. The lowest BCUT2D eigenvalue weighted by Gasteiger charge is -2.29. The molecule has 0 saturated carbocycles. The topological polar surface area (TPSA) is 35.9 Å². The molecular weight excluding hydrogens is 210 g/mol. The number of fused-ring (bicyclic) bond motifs is 1. The van der Waals surface area contributed by atoms with E-state index in [1.54, 1.807) is 11.4 Å². The summed E-state index contributed by atoms with van der Waals surface area (Å²) in [6.07, 6.45) is 0. The molecule has 1 aromatic carbocycles. The molecule has 5 heteroatoms. The van der Waals surface area contributed by atoms with Gasteiger partial charge in [0.1, 0.15) is 0 Å². The maximum Gasteiger partial charge on any atom is 0.213 e. The normalized spacial score (nSPS) is 19.5. The minimum atomic E-state index is -1.15. The van der Waals surface area contributed by atoms with E-state index in [2.05, 4.69) is 4.99 Å². The van der Waals surface area contributed by atoms with Gasteiger partial charge in [0.05, 0.1) is 10.6 Å². The molecule has 0 fully saturated rings. The van der Waals surface area contributed by atoms with Gasteiger partial charge < -0.3 is 4.90 Å². The molecule has 1 unspecified atom stereocenters. The summed E-state index contributed by atoms with van der Waals surface area (Å²) >= 11 is 0. The number of hydrogen-bond acceptors (Lipinski definition) is 3. The summed E-state index contributed by atoms with van der Waals surface area (Å²) in [4.78, 5) is 7.08. The molecule has 0 spiro atoms. The van der Waals surface area contributed by atoms with Crippen molar-refractivity contribution in [1.29, 1.82) is 0 Å². The summed E-state index contributed by atoms with van der Waals surface area (Å²) in [5.41, 5.74) is 0.789. The molecule has 2 rings (SSSR count). The van der Waals surface area contributed by atoms with Gasteiger partial charge in [-0.2, -0.15) is 0 Å². The van der Waals surface area contributed by atoms with Crippen LogP contribution in [0.25, 0.3) is 0 Å². The van der Waals surface area contributed by atoms with Crippen LogP contribution in [0.15, 0.2) is 34.2 Å². The third-order valence-electron chi connectivity index (χ3n) is 2.20. The van der Waals surface area contributed by atoms with Crippen molar-refractivity contribution in [2.24, 2.45) is 4.99 Å². The van der Waals surface area contributed by atoms with Gasteiger partial charge in [-0.15, -0.1) is 0 Å². The molecule has 0 N–H and O–H groups in total. The first-order valence-corrected chi connectivity index (χ1v) is 5.72. The van der Waals surface area contributed by atoms with Gasteiger partial charge in [0, 0.05) is 21.1 Å². The van der Waals surface area contributed by atoms with Crippen molar-refractivity contribution in [3.63, 3.8) is 0 Å². The molecule has 0 radical (unpaired) electrons. The Bertz CT molecular complexity index is 442. The largest absolute Gasteiger partial charge is 0.348 e. The number of aliphatic imine (C=N–C) groups is 1. The molecule has 80 valence electrons. The van der Waals surface area contributed by atoms with Crippen LogP contribution in [-0.2, 0) is 11.0 Å². The zero-order valence-electron chi connectivity index (χ0n) is 8.97. The zero-order chi connectivity index (χ0) is 11.0. The van der Waals surface area contributed by atoms with Crippen LogP contribution in [0.4, 0.5) is 5.69 Å². The maximum atomic E-state index is 12.1. The van der Waals surface area contributed by atoms with Gasteiger partial charge in [0.25, 0.3) is 0 Å². The summed E-state index contributed by atoms with van der Waals surface area (Å²) in [5.74, 6) is 0.715. The minimum absolute atomic E-state index is 0.715. The molecule has 4 nitrogen and oxygen atoms in total. The summed E-state index contributed by atoms with van der Waals surface area (Å²) in [6, 6.07) is 7.50. The third-order valence-corrected chi connectivity index (χ3v) is 3.59. The first-order valence-electron chi connectivity index (χ1n) is 4.62. The van der Waals surface area contributed by atoms with Gasteiger partial charge in [-0.05, 0) is 12.1 Å². The van der Waals surface area contributed by atoms with Crippen molar-refractivity contribution in [2.75, 3.05) is 21.1 Å². The van der Waals surface area contributed by atoms with Crippen LogP contribution in [0, 0.1) is 0 Å². The molecule has 0 aliphatic carbocycles. The SMILES string of the molecule is CN(C)C1=Nc2ccccc2S(=O)N1C. The summed E-state index contributed by atoms with van der Waals surface area (Å²) in [5, 5.41) is 0. The number of para-hydroxylation sites is 1. The standard InChI is InChI=1S/C10H13N3OS/c1-12(2)10-11-8-6-4-5-7-9(8)15(14)13(10)3/h4-7H,1-3H3. The van der Waals surface area contributed by atoms with Crippen molar-refractivity contribution in [3.8, 4) is 0 Å². The predicted octanol–water partition coefficient (Wildman–Crippen LogP) is 1.20. The third kappa shape index (κ3) is 1.63. The molecule has 0 saturated heterocycles. The van der Waals surface area contributed by atoms with Gasteiger partial charge in [0.2, 0.25) is 5.96 Å². The fourth-order valence-corrected chi connectivity index (χ4v) is 2.61. The van der Waals surface area contributed by atoms with Crippen molar-refractivity contribution in [3.05, 3.63) is 24.3 Å². The molecular formula is C10H13N3OS. The zero-order valence-corrected chi connectivity index (χ0v) is 9.78. The van der Waals surface area contributed by atoms with E-state index in [1.165, 1.54) is 0 Å². The van der Waals surface area contributed by atoms with E-state index in [1.807, 2.05) is 43.3 Å². The van der Waals surface area contributed by atoms with E-state index in [0.717, 1.165) is 10.6 Å². The van der Waals surface area contributed by atoms with Crippen molar-refractivity contribution in [1.82, 2.24) is 9.21 Å². The van der Waals surface area contributed by atoms with E-state index in [-0.39, 0.29) is 0 Å². The Kier molecular flexibility index (Phi) is 2.48. The maximum absolute atomic E-state index is 12.1. The van der Waals surface area contributed by atoms with E-state index in [0.29, 0.717) is 5.96 Å². The molecule has 0 bridgehead atoms. The van der Waals surface area contributed by atoms with Crippen LogP contribution in [0.5, 0.6) is 0 Å². The van der Waals surface area contributed by atoms with Crippen LogP contribution >= 0.6 is 0 Å². The monoisotopic (exact) mass is 223 g/mol. The first-order chi connectivity index (χ1) is 7.11. The molecule has 1 aromatic rings. The van der Waals surface area contributed by atoms with Gasteiger partial charge in [-0.3, -0.25) is 4.31 Å². The molecule has 0 aromatic heterocycles. The Labute approximate surface area is 91.8 Å². The van der Waals surface area contributed by atoms with Crippen LogP contribution in [0.1, 0.15) is 0 Å². The van der Waals surface area contributed by atoms with Crippen molar-refractivity contribution < 1.29 is 4.21 Å². The second-order valence-corrected chi connectivity index (χ2v) is 5.01. The number of hydrogen-bond donors (Lipinski definition) is 0. The number of benzene rings is 1. The lowest BCUT2D eigenvalue weighted by Crippen LogP contribution is -2.40. The Hall–Kier alpha value is -1.36. The molecule has 1 atom stereocenters. The fraction of sp³-hybridized carbons (Fsp3) is 0.300. The second kappa shape index (κ2) is 3.66. The number of guanidine groups is 1. The summed E-state index contributed by atoms with van der Waals surface area (Å²) in [7, 11) is 4.41. The highest BCUT2D eigenvalue weighted by Gasteiger charge is 2.24. The van der Waals surface area contributed by atoms with Crippen LogP contribution in [-0.4, -0.2) is 40.5 Å². The summed E-state index contributed by atoms with van der Waals surface area (Å²) in [6.45, 7) is 0. The highest BCUT2D eigenvalue weighted by molar-refractivity contribution is 7.83. The molecule has 15 heavy (non-hydrogen) atoms. The van der Waals surface area contributed by atoms with Crippen LogP contribution in [0.3, 0.4) is 0 Å². The highest BCUT2D eigenvalue weighted by atomic mass is 32.2. The second-order valence-electron chi connectivity index (χ2n) is 3.52. The van der Waals surface area contributed by atoms with E-state index >= 15 is 0 Å². The van der Waals surface area contributed by atoms with Crippen molar-refractivity contribution >= 4 is 22.6 Å². The fourth-order valence-electron chi connectivity index (χ4n) is 1.48. The summed E-state index contributed by atoms with van der Waals surface area (Å²) < 4.78 is 13.7. The van der Waals surface area contributed by atoms with Crippen molar-refractivity contribution in [2.45, 2.75) is 4.90 Å². The lowest BCUT2D eigenvalue weighted by atomic mass is 10.3. The number of nitrogens with zero attached hydrogens (tertiary/aromatic N) is 3. The van der Waals surface area contributed by atoms with Crippen LogP contribution < -0.4 is 0 Å². The van der Waals surface area contributed by atoms with Gasteiger partial charge in [-0.1, -0.05) is 12.1 Å². The van der Waals surface area contributed by atoms with Gasteiger partial charge >= 0.3 is 0 Å². The van der Waals surface area contributed by atoms with Crippen LogP contribution in [0.2, 0.25) is 0 Å². The molecule has 1 aliphatic rings. The van der Waals surface area contributed by atoms with Gasteiger partial charge in [0.15, 0.2) is 11.0 Å². The Morgan fingerprint density at radius 1 is 1.33 bits per heavy atom. The highest BCUT2D eigenvalue weighted by Crippen LogP contribution is 2.28. The average Bonchev–Trinajstić information content (AvgIpc) is 2.23. The average molecular weight is 223 g/mol. The molecule has 1 aliphatic heterocycles. The molecule has 0 amide bonds. The van der Waals surface area contributed by atoms with E-state index < -0.39 is 11.0 Å². The predicted molar refractivity (Wildman–Crippen MR) is 61.4 cm³/mol. The van der Waals surface area contributed by atoms with Gasteiger partial charge in [-0.25, -0.2) is 9.20 Å². The minimum Gasteiger partial charge on any atom is -0.348 e. The number of rotatable bonds is 0. The quantitative estimate of drug-likeness (QED) is 0.662. The Balaban J connectivity index is 2.57. The first kappa shape index (κ1) is 10.2.